The van der Waals surface area contributed by atoms with E-state index in [1.807, 2.05) is 0 Å². The van der Waals surface area contributed by atoms with E-state index in [0.29, 0.717) is 0 Å². The molecular formula is C20H46N4. The van der Waals surface area contributed by atoms with Crippen molar-refractivity contribution in [3.63, 3.8) is 0 Å². The van der Waals surface area contributed by atoms with E-state index in [1.165, 1.54) is 104 Å². The number of hydrogen-bond donors (Lipinski definition) is 2. The Labute approximate surface area is 152 Å². The van der Waals surface area contributed by atoms with Gasteiger partial charge in [0.05, 0.1) is 0 Å². The van der Waals surface area contributed by atoms with Crippen molar-refractivity contribution in [2.45, 2.75) is 66.2 Å². The predicted molar refractivity (Wildman–Crippen MR) is 109 cm³/mol. The van der Waals surface area contributed by atoms with Gasteiger partial charge in [0.1, 0.15) is 0 Å². The second-order valence-corrected chi connectivity index (χ2v) is 6.68. The summed E-state index contributed by atoms with van der Waals surface area (Å²) in [5, 5.41) is 7.16. The van der Waals surface area contributed by atoms with Gasteiger partial charge >= 0.3 is 0 Å². The molecule has 0 unspecified atom stereocenters. The van der Waals surface area contributed by atoms with Gasteiger partial charge in [0, 0.05) is 0 Å². The fraction of sp³-hybridized carbons (Fsp3) is 1.00. The van der Waals surface area contributed by atoms with E-state index < -0.39 is 0 Å². The highest BCUT2D eigenvalue weighted by atomic mass is 15.1. The zero-order chi connectivity index (χ0) is 17.9. The van der Waals surface area contributed by atoms with Crippen LogP contribution in [0.25, 0.3) is 0 Å². The summed E-state index contributed by atoms with van der Waals surface area (Å²) in [6.45, 7) is 20.9. The summed E-state index contributed by atoms with van der Waals surface area (Å²) >= 11 is 0. The fourth-order valence-electron chi connectivity index (χ4n) is 3.04. The fourth-order valence-corrected chi connectivity index (χ4v) is 3.04. The molecule has 0 amide bonds. The Balaban J connectivity index is 3.12. The van der Waals surface area contributed by atoms with Gasteiger partial charge in [0.2, 0.25) is 0 Å². The van der Waals surface area contributed by atoms with Crippen molar-refractivity contribution >= 4 is 0 Å². The Morgan fingerprint density at radius 3 is 1.12 bits per heavy atom. The lowest BCUT2D eigenvalue weighted by molar-refractivity contribution is 0.297. The van der Waals surface area contributed by atoms with Crippen LogP contribution in [0.2, 0.25) is 0 Å². The van der Waals surface area contributed by atoms with Crippen molar-refractivity contribution in [3.8, 4) is 0 Å². The van der Waals surface area contributed by atoms with Gasteiger partial charge in [-0.3, -0.25) is 0 Å². The summed E-state index contributed by atoms with van der Waals surface area (Å²) in [6.07, 6.45) is 7.94. The molecule has 4 heteroatoms. The van der Waals surface area contributed by atoms with Crippen LogP contribution in [-0.2, 0) is 0 Å². The lowest BCUT2D eigenvalue weighted by atomic mass is 10.2. The molecule has 0 aliphatic carbocycles. The van der Waals surface area contributed by atoms with Crippen molar-refractivity contribution in [1.82, 2.24) is 20.4 Å². The molecule has 0 aromatic carbocycles. The Hall–Kier alpha value is -0.160. The van der Waals surface area contributed by atoms with Crippen molar-refractivity contribution in [1.29, 1.82) is 0 Å². The molecule has 0 bridgehead atoms. The van der Waals surface area contributed by atoms with Crippen LogP contribution < -0.4 is 10.6 Å². The number of unbranched alkanes of at least 4 members (excludes halogenated alkanes) is 3. The summed E-state index contributed by atoms with van der Waals surface area (Å²) in [4.78, 5) is 4.99. The molecule has 0 aliphatic rings. The van der Waals surface area contributed by atoms with E-state index >= 15 is 0 Å². The molecule has 2 N–H and O–H groups in total. The number of nitrogens with zero attached hydrogens (tertiary/aromatic N) is 2. The van der Waals surface area contributed by atoms with Gasteiger partial charge < -0.3 is 20.4 Å². The first-order valence-corrected chi connectivity index (χ1v) is 10.6. The summed E-state index contributed by atoms with van der Waals surface area (Å²) < 4.78 is 0. The van der Waals surface area contributed by atoms with Crippen LogP contribution in [-0.4, -0.2) is 75.2 Å². The van der Waals surface area contributed by atoms with Gasteiger partial charge in [-0.25, -0.2) is 0 Å². The third-order valence-electron chi connectivity index (χ3n) is 4.90. The monoisotopic (exact) mass is 342 g/mol. The molecule has 0 aliphatic heterocycles. The van der Waals surface area contributed by atoms with Crippen LogP contribution in [0.15, 0.2) is 0 Å². The molecule has 0 spiro atoms. The zero-order valence-corrected chi connectivity index (χ0v) is 17.2. The van der Waals surface area contributed by atoms with E-state index in [2.05, 4.69) is 48.1 Å². The highest BCUT2D eigenvalue weighted by molar-refractivity contribution is 4.57. The van der Waals surface area contributed by atoms with Gasteiger partial charge in [-0.05, 0) is 91.1 Å². The first-order valence-electron chi connectivity index (χ1n) is 10.6. The third kappa shape index (κ3) is 15.4. The van der Waals surface area contributed by atoms with E-state index in [-0.39, 0.29) is 0 Å². The van der Waals surface area contributed by atoms with Gasteiger partial charge in [-0.2, -0.15) is 0 Å². The lowest BCUT2D eigenvalue weighted by Gasteiger charge is -2.17. The molecule has 0 aromatic rings. The maximum absolute atomic E-state index is 3.58. The molecule has 0 aromatic heterocycles. The highest BCUT2D eigenvalue weighted by Crippen LogP contribution is 1.98. The standard InChI is InChI=1S/C20H46N4/c1-5-23(6-2)19-13-17-21-15-11-9-10-12-16-22-18-14-20-24(7-3)8-4/h21-22H,5-20H2,1-4H3. The molecule has 146 valence electrons. The van der Waals surface area contributed by atoms with Gasteiger partial charge in [0.15, 0.2) is 0 Å². The lowest BCUT2D eigenvalue weighted by Crippen LogP contribution is -2.27. The van der Waals surface area contributed by atoms with Crippen LogP contribution >= 0.6 is 0 Å². The Kier molecular flexibility index (Phi) is 19.0. The average Bonchev–Trinajstić information content (AvgIpc) is 2.62. The topological polar surface area (TPSA) is 30.5 Å². The number of nitrogens with one attached hydrogen (secondary N) is 2. The molecule has 0 saturated heterocycles. The summed E-state index contributed by atoms with van der Waals surface area (Å²) in [7, 11) is 0. The van der Waals surface area contributed by atoms with Crippen molar-refractivity contribution < 1.29 is 0 Å². The van der Waals surface area contributed by atoms with Gasteiger partial charge in [-0.15, -0.1) is 0 Å². The molecule has 0 fully saturated rings. The van der Waals surface area contributed by atoms with Gasteiger partial charge in [0.25, 0.3) is 0 Å². The molecule has 0 atom stereocenters. The van der Waals surface area contributed by atoms with Gasteiger partial charge in [-0.1, -0.05) is 40.5 Å². The minimum absolute atomic E-state index is 1.17. The first kappa shape index (κ1) is 23.8. The summed E-state index contributed by atoms with van der Waals surface area (Å²) in [5.41, 5.74) is 0. The van der Waals surface area contributed by atoms with E-state index in [0.717, 1.165) is 0 Å². The first-order chi connectivity index (χ1) is 11.8. The molecule has 0 saturated carbocycles. The number of hydrogen-bond acceptors (Lipinski definition) is 4. The van der Waals surface area contributed by atoms with Crippen LogP contribution in [0, 0.1) is 0 Å². The second-order valence-electron chi connectivity index (χ2n) is 6.68. The molecule has 24 heavy (non-hydrogen) atoms. The largest absolute Gasteiger partial charge is 0.317 e. The van der Waals surface area contributed by atoms with E-state index in [1.54, 1.807) is 0 Å². The maximum Gasteiger partial charge on any atom is -0.000687 e. The van der Waals surface area contributed by atoms with E-state index in [4.69, 9.17) is 0 Å². The Bertz CT molecular complexity index is 204. The second kappa shape index (κ2) is 19.2. The molecule has 0 rings (SSSR count). The Morgan fingerprint density at radius 2 is 0.792 bits per heavy atom. The van der Waals surface area contributed by atoms with Crippen molar-refractivity contribution in [2.75, 3.05) is 65.4 Å². The summed E-state index contributed by atoms with van der Waals surface area (Å²) in [5.74, 6) is 0. The minimum atomic E-state index is 1.17. The minimum Gasteiger partial charge on any atom is -0.317 e. The molecule has 4 nitrogen and oxygen atoms in total. The van der Waals surface area contributed by atoms with Crippen LogP contribution in [0.1, 0.15) is 66.2 Å². The quantitative estimate of drug-likeness (QED) is 0.353. The third-order valence-corrected chi connectivity index (χ3v) is 4.90. The maximum atomic E-state index is 3.58. The number of rotatable bonds is 19. The SMILES string of the molecule is CCN(CC)CCCNCCCCCCNCCCN(CC)CC. The normalized spacial score (nSPS) is 11.8. The smallest absolute Gasteiger partial charge is 0.000687 e. The molecular weight excluding hydrogens is 296 g/mol. The van der Waals surface area contributed by atoms with E-state index in [9.17, 15) is 0 Å². The zero-order valence-electron chi connectivity index (χ0n) is 17.2. The van der Waals surface area contributed by atoms with Crippen LogP contribution in [0.4, 0.5) is 0 Å². The summed E-state index contributed by atoms with van der Waals surface area (Å²) in [6, 6.07) is 0. The highest BCUT2D eigenvalue weighted by Gasteiger charge is 1.98. The predicted octanol–water partition coefficient (Wildman–Crippen LogP) is 3.19. The Morgan fingerprint density at radius 1 is 0.458 bits per heavy atom. The van der Waals surface area contributed by atoms with Crippen molar-refractivity contribution in [2.24, 2.45) is 0 Å². The average molecular weight is 343 g/mol. The van der Waals surface area contributed by atoms with Crippen molar-refractivity contribution in [3.05, 3.63) is 0 Å². The van der Waals surface area contributed by atoms with Crippen LogP contribution in [0.3, 0.4) is 0 Å². The van der Waals surface area contributed by atoms with Crippen LogP contribution in [0.5, 0.6) is 0 Å². The molecule has 0 radical (unpaired) electrons. The molecule has 0 heterocycles.